The summed E-state index contributed by atoms with van der Waals surface area (Å²) in [6.07, 6.45) is 2.07. The summed E-state index contributed by atoms with van der Waals surface area (Å²) in [5, 5.41) is 0. The third-order valence-electron chi connectivity index (χ3n) is 1.64. The predicted molar refractivity (Wildman–Crippen MR) is 58.6 cm³/mol. The van der Waals surface area contributed by atoms with Crippen LogP contribution in [-0.2, 0) is 0 Å². The molecule has 0 N–H and O–H groups in total. The molecule has 0 aliphatic carbocycles. The van der Waals surface area contributed by atoms with Crippen LogP contribution >= 0.6 is 11.8 Å². The maximum Gasteiger partial charge on any atom is 0.119 e. The summed E-state index contributed by atoms with van der Waals surface area (Å²) >= 11 is 1.75. The van der Waals surface area contributed by atoms with Crippen molar-refractivity contribution in [2.24, 2.45) is 5.92 Å². The second-order valence-electron chi connectivity index (χ2n) is 3.38. The molecule has 2 heteroatoms. The molecule has 72 valence electrons. The first-order valence-electron chi connectivity index (χ1n) is 4.49. The van der Waals surface area contributed by atoms with Gasteiger partial charge in [-0.25, -0.2) is 0 Å². The Morgan fingerprint density at radius 1 is 1.23 bits per heavy atom. The summed E-state index contributed by atoms with van der Waals surface area (Å²) in [7, 11) is 0. The van der Waals surface area contributed by atoms with Crippen LogP contribution in [0.1, 0.15) is 13.8 Å². The van der Waals surface area contributed by atoms with E-state index < -0.39 is 0 Å². The lowest BCUT2D eigenvalue weighted by atomic mass is 10.2. The quantitative estimate of drug-likeness (QED) is 0.682. The van der Waals surface area contributed by atoms with Crippen LogP contribution in [0, 0.1) is 5.92 Å². The van der Waals surface area contributed by atoms with E-state index in [-0.39, 0.29) is 0 Å². The van der Waals surface area contributed by atoms with Crippen LogP contribution in [0.15, 0.2) is 29.2 Å². The van der Waals surface area contributed by atoms with Gasteiger partial charge in [-0.05, 0) is 36.4 Å². The van der Waals surface area contributed by atoms with Crippen molar-refractivity contribution >= 4 is 11.8 Å². The number of thioether (sulfide) groups is 1. The average molecular weight is 196 g/mol. The van der Waals surface area contributed by atoms with E-state index >= 15 is 0 Å². The van der Waals surface area contributed by atoms with Gasteiger partial charge in [0.05, 0.1) is 6.61 Å². The third-order valence-corrected chi connectivity index (χ3v) is 2.39. The highest BCUT2D eigenvalue weighted by atomic mass is 32.2. The molecule has 0 spiro atoms. The minimum Gasteiger partial charge on any atom is -0.493 e. The van der Waals surface area contributed by atoms with Crippen molar-refractivity contribution in [3.05, 3.63) is 24.3 Å². The van der Waals surface area contributed by atoms with E-state index in [1.54, 1.807) is 11.8 Å². The molecule has 0 saturated carbocycles. The molecule has 0 aliphatic heterocycles. The lowest BCUT2D eigenvalue weighted by Gasteiger charge is -2.08. The van der Waals surface area contributed by atoms with Crippen molar-refractivity contribution < 1.29 is 4.74 Å². The first-order valence-corrected chi connectivity index (χ1v) is 5.71. The molecule has 1 aromatic carbocycles. The Hall–Kier alpha value is -0.630. The van der Waals surface area contributed by atoms with Gasteiger partial charge in [0.2, 0.25) is 0 Å². The summed E-state index contributed by atoms with van der Waals surface area (Å²) in [4.78, 5) is 1.27. The Bertz CT molecular complexity index is 241. The lowest BCUT2D eigenvalue weighted by molar-refractivity contribution is 0.271. The van der Waals surface area contributed by atoms with Crippen LogP contribution in [0.2, 0.25) is 0 Å². The second-order valence-corrected chi connectivity index (χ2v) is 4.26. The fourth-order valence-electron chi connectivity index (χ4n) is 0.935. The lowest BCUT2D eigenvalue weighted by Crippen LogP contribution is -2.04. The van der Waals surface area contributed by atoms with Crippen molar-refractivity contribution in [1.82, 2.24) is 0 Å². The average Bonchev–Trinajstić information content (AvgIpc) is 2.15. The van der Waals surface area contributed by atoms with Crippen molar-refractivity contribution in [2.45, 2.75) is 18.7 Å². The maximum absolute atomic E-state index is 5.56. The van der Waals surface area contributed by atoms with E-state index in [0.29, 0.717) is 5.92 Å². The van der Waals surface area contributed by atoms with Crippen LogP contribution in [-0.4, -0.2) is 12.9 Å². The number of ether oxygens (including phenoxy) is 1. The first kappa shape index (κ1) is 10.5. The predicted octanol–water partition coefficient (Wildman–Crippen LogP) is 3.44. The smallest absolute Gasteiger partial charge is 0.119 e. The molecule has 0 aliphatic rings. The molecule has 0 atom stereocenters. The zero-order valence-electron chi connectivity index (χ0n) is 8.41. The van der Waals surface area contributed by atoms with E-state index in [2.05, 4.69) is 32.2 Å². The molecule has 0 amide bonds. The Balaban J connectivity index is 2.49. The monoisotopic (exact) mass is 196 g/mol. The molecule has 1 aromatic rings. The molecule has 0 fully saturated rings. The molecule has 1 nitrogen and oxygen atoms in total. The SMILES string of the molecule is CSc1ccc(OCC(C)C)cc1. The number of rotatable bonds is 4. The van der Waals surface area contributed by atoms with Crippen LogP contribution < -0.4 is 4.74 Å². The van der Waals surface area contributed by atoms with Gasteiger partial charge in [-0.2, -0.15) is 0 Å². The van der Waals surface area contributed by atoms with Crippen LogP contribution in [0.3, 0.4) is 0 Å². The van der Waals surface area contributed by atoms with Crippen LogP contribution in [0.4, 0.5) is 0 Å². The van der Waals surface area contributed by atoms with Gasteiger partial charge in [-0.3, -0.25) is 0 Å². The summed E-state index contributed by atoms with van der Waals surface area (Å²) in [6.45, 7) is 5.09. The summed E-state index contributed by atoms with van der Waals surface area (Å²) in [6, 6.07) is 8.21. The van der Waals surface area contributed by atoms with Crippen LogP contribution in [0.5, 0.6) is 5.75 Å². The zero-order chi connectivity index (χ0) is 9.68. The molecule has 0 aromatic heterocycles. The molecular formula is C11H16OS. The Morgan fingerprint density at radius 2 is 1.85 bits per heavy atom. The topological polar surface area (TPSA) is 9.23 Å². The first-order chi connectivity index (χ1) is 6.22. The normalized spacial score (nSPS) is 10.5. The minimum atomic E-state index is 0.584. The standard InChI is InChI=1S/C11H16OS/c1-9(2)8-12-10-4-6-11(13-3)7-5-10/h4-7,9H,8H2,1-3H3. The fourth-order valence-corrected chi connectivity index (χ4v) is 1.34. The Morgan fingerprint density at radius 3 is 2.31 bits per heavy atom. The highest BCUT2D eigenvalue weighted by Gasteiger charge is 1.96. The molecular weight excluding hydrogens is 180 g/mol. The van der Waals surface area contributed by atoms with E-state index in [0.717, 1.165) is 12.4 Å². The van der Waals surface area contributed by atoms with E-state index in [9.17, 15) is 0 Å². The molecule has 0 bridgehead atoms. The maximum atomic E-state index is 5.56. The zero-order valence-corrected chi connectivity index (χ0v) is 9.23. The molecule has 0 unspecified atom stereocenters. The van der Waals surface area contributed by atoms with E-state index in [1.807, 2.05) is 12.1 Å². The van der Waals surface area contributed by atoms with Gasteiger partial charge in [0, 0.05) is 4.90 Å². The molecule has 0 heterocycles. The highest BCUT2D eigenvalue weighted by molar-refractivity contribution is 7.98. The van der Waals surface area contributed by atoms with Crippen molar-refractivity contribution in [2.75, 3.05) is 12.9 Å². The molecule has 0 saturated heterocycles. The fraction of sp³-hybridized carbons (Fsp3) is 0.455. The van der Waals surface area contributed by atoms with Crippen molar-refractivity contribution in [3.63, 3.8) is 0 Å². The summed E-state index contributed by atoms with van der Waals surface area (Å²) in [5.41, 5.74) is 0. The van der Waals surface area contributed by atoms with Crippen LogP contribution in [0.25, 0.3) is 0 Å². The summed E-state index contributed by atoms with van der Waals surface area (Å²) < 4.78 is 5.56. The molecule has 13 heavy (non-hydrogen) atoms. The Kier molecular flexibility index (Phi) is 4.16. The Labute approximate surface area is 84.5 Å². The second kappa shape index (κ2) is 5.18. The van der Waals surface area contributed by atoms with Gasteiger partial charge in [0.1, 0.15) is 5.75 Å². The molecule has 1 rings (SSSR count). The minimum absolute atomic E-state index is 0.584. The number of benzene rings is 1. The van der Waals surface area contributed by atoms with Gasteiger partial charge in [0.15, 0.2) is 0 Å². The largest absolute Gasteiger partial charge is 0.493 e. The van der Waals surface area contributed by atoms with Crippen molar-refractivity contribution in [1.29, 1.82) is 0 Å². The third kappa shape index (κ3) is 3.73. The van der Waals surface area contributed by atoms with Gasteiger partial charge in [-0.1, -0.05) is 13.8 Å². The van der Waals surface area contributed by atoms with Crippen molar-refractivity contribution in [3.8, 4) is 5.75 Å². The van der Waals surface area contributed by atoms with Gasteiger partial charge >= 0.3 is 0 Å². The van der Waals surface area contributed by atoms with Gasteiger partial charge in [-0.15, -0.1) is 11.8 Å². The van der Waals surface area contributed by atoms with E-state index in [4.69, 9.17) is 4.74 Å². The van der Waals surface area contributed by atoms with E-state index in [1.165, 1.54) is 4.90 Å². The van der Waals surface area contributed by atoms with Gasteiger partial charge in [0.25, 0.3) is 0 Å². The molecule has 0 radical (unpaired) electrons. The van der Waals surface area contributed by atoms with Gasteiger partial charge < -0.3 is 4.74 Å². The number of hydrogen-bond acceptors (Lipinski definition) is 2. The number of hydrogen-bond donors (Lipinski definition) is 0. The summed E-state index contributed by atoms with van der Waals surface area (Å²) in [5.74, 6) is 1.55. The highest BCUT2D eigenvalue weighted by Crippen LogP contribution is 2.19.